The lowest BCUT2D eigenvalue weighted by molar-refractivity contribution is -0.131. The highest BCUT2D eigenvalue weighted by atomic mass is 16.5. The van der Waals surface area contributed by atoms with E-state index in [-0.39, 0.29) is 6.10 Å². The molecule has 1 unspecified atom stereocenters. The minimum Gasteiger partial charge on any atom is -0.491 e. The van der Waals surface area contributed by atoms with Gasteiger partial charge in [-0.05, 0) is 30.7 Å². The predicted molar refractivity (Wildman–Crippen MR) is 69.7 cm³/mol. The van der Waals surface area contributed by atoms with Gasteiger partial charge in [0.15, 0.2) is 0 Å². The number of benzene rings is 1. The molecule has 0 bridgehead atoms. The number of carboxylic acids is 1. The lowest BCUT2D eigenvalue weighted by Crippen LogP contribution is -2.14. The SMILES string of the molecule is COCCC(C)Oc1ccc(/C=C/C(=O)O)cc1. The number of carboxylic acid groups (broad SMARTS) is 1. The van der Waals surface area contributed by atoms with Gasteiger partial charge in [-0.25, -0.2) is 4.79 Å². The third-order valence-corrected chi connectivity index (χ3v) is 2.36. The van der Waals surface area contributed by atoms with E-state index in [4.69, 9.17) is 14.6 Å². The van der Waals surface area contributed by atoms with Crippen molar-refractivity contribution in [2.24, 2.45) is 0 Å². The number of aliphatic carboxylic acids is 1. The number of methoxy groups -OCH3 is 1. The molecule has 0 amide bonds. The van der Waals surface area contributed by atoms with Crippen LogP contribution in [0.15, 0.2) is 30.3 Å². The quantitative estimate of drug-likeness (QED) is 0.756. The molecule has 4 nitrogen and oxygen atoms in total. The van der Waals surface area contributed by atoms with Crippen molar-refractivity contribution in [2.75, 3.05) is 13.7 Å². The van der Waals surface area contributed by atoms with E-state index < -0.39 is 5.97 Å². The van der Waals surface area contributed by atoms with Gasteiger partial charge in [-0.1, -0.05) is 12.1 Å². The minimum atomic E-state index is -0.955. The summed E-state index contributed by atoms with van der Waals surface area (Å²) in [5, 5.41) is 8.51. The lowest BCUT2D eigenvalue weighted by atomic mass is 10.2. The third-order valence-electron chi connectivity index (χ3n) is 2.36. The van der Waals surface area contributed by atoms with Crippen LogP contribution in [0.3, 0.4) is 0 Å². The molecule has 1 aromatic carbocycles. The molecular formula is C14H18O4. The Hall–Kier alpha value is -1.81. The van der Waals surface area contributed by atoms with Crippen LogP contribution < -0.4 is 4.74 Å². The Kier molecular flexibility index (Phi) is 5.94. The number of hydrogen-bond acceptors (Lipinski definition) is 3. The topological polar surface area (TPSA) is 55.8 Å². The molecule has 0 aromatic heterocycles. The lowest BCUT2D eigenvalue weighted by Gasteiger charge is -2.14. The van der Waals surface area contributed by atoms with Crippen molar-refractivity contribution in [1.82, 2.24) is 0 Å². The van der Waals surface area contributed by atoms with E-state index in [9.17, 15) is 4.79 Å². The first kappa shape index (κ1) is 14.3. The van der Waals surface area contributed by atoms with Gasteiger partial charge in [-0.3, -0.25) is 0 Å². The van der Waals surface area contributed by atoms with Crippen LogP contribution >= 0.6 is 0 Å². The van der Waals surface area contributed by atoms with Crippen molar-refractivity contribution in [3.63, 3.8) is 0 Å². The fraction of sp³-hybridized carbons (Fsp3) is 0.357. The number of hydrogen-bond donors (Lipinski definition) is 1. The average molecular weight is 250 g/mol. The highest BCUT2D eigenvalue weighted by molar-refractivity contribution is 5.85. The summed E-state index contributed by atoms with van der Waals surface area (Å²) < 4.78 is 10.7. The molecule has 1 atom stereocenters. The van der Waals surface area contributed by atoms with E-state index in [1.165, 1.54) is 0 Å². The molecule has 0 fully saturated rings. The van der Waals surface area contributed by atoms with Crippen LogP contribution in [0.5, 0.6) is 5.75 Å². The highest BCUT2D eigenvalue weighted by Crippen LogP contribution is 2.15. The number of rotatable bonds is 7. The zero-order valence-electron chi connectivity index (χ0n) is 10.6. The first-order chi connectivity index (χ1) is 8.61. The maximum Gasteiger partial charge on any atom is 0.328 e. The molecule has 0 saturated heterocycles. The van der Waals surface area contributed by atoms with Gasteiger partial charge in [0.05, 0.1) is 6.10 Å². The van der Waals surface area contributed by atoms with E-state index in [1.54, 1.807) is 13.2 Å². The second-order valence-electron chi connectivity index (χ2n) is 3.95. The summed E-state index contributed by atoms with van der Waals surface area (Å²) in [5.41, 5.74) is 0.828. The summed E-state index contributed by atoms with van der Waals surface area (Å²) in [7, 11) is 1.66. The van der Waals surface area contributed by atoms with Gasteiger partial charge in [0.25, 0.3) is 0 Å². The normalized spacial score (nSPS) is 12.6. The Labute approximate surface area is 107 Å². The molecular weight excluding hydrogens is 232 g/mol. The maximum absolute atomic E-state index is 10.4. The molecule has 18 heavy (non-hydrogen) atoms. The Bertz CT molecular complexity index is 395. The molecule has 98 valence electrons. The van der Waals surface area contributed by atoms with Crippen LogP contribution in [0.25, 0.3) is 6.08 Å². The van der Waals surface area contributed by atoms with Gasteiger partial charge >= 0.3 is 5.97 Å². The second-order valence-corrected chi connectivity index (χ2v) is 3.95. The maximum atomic E-state index is 10.4. The standard InChI is InChI=1S/C14H18O4/c1-11(9-10-17-2)18-13-6-3-12(4-7-13)5-8-14(15)16/h3-8,11H,9-10H2,1-2H3,(H,15,16)/b8-5+. The molecule has 1 N–H and O–H groups in total. The first-order valence-corrected chi connectivity index (χ1v) is 5.78. The minimum absolute atomic E-state index is 0.0883. The second kappa shape index (κ2) is 7.50. The van der Waals surface area contributed by atoms with Crippen LogP contribution in [0.4, 0.5) is 0 Å². The molecule has 0 aliphatic carbocycles. The van der Waals surface area contributed by atoms with Crippen molar-refractivity contribution in [1.29, 1.82) is 0 Å². The number of ether oxygens (including phenoxy) is 2. The summed E-state index contributed by atoms with van der Waals surface area (Å²) in [5.74, 6) is -0.186. The van der Waals surface area contributed by atoms with Gasteiger partial charge in [-0.15, -0.1) is 0 Å². The predicted octanol–water partition coefficient (Wildman–Crippen LogP) is 2.59. The summed E-state index contributed by atoms with van der Waals surface area (Å²) in [6.07, 6.45) is 3.57. The van der Waals surface area contributed by atoms with Crippen molar-refractivity contribution in [3.05, 3.63) is 35.9 Å². The van der Waals surface area contributed by atoms with E-state index in [1.807, 2.05) is 31.2 Å². The molecule has 0 heterocycles. The Morgan fingerprint density at radius 1 is 1.39 bits per heavy atom. The summed E-state index contributed by atoms with van der Waals surface area (Å²) >= 11 is 0. The zero-order valence-corrected chi connectivity index (χ0v) is 10.6. The Balaban J connectivity index is 2.52. The monoisotopic (exact) mass is 250 g/mol. The van der Waals surface area contributed by atoms with Crippen LogP contribution in [0.2, 0.25) is 0 Å². The Morgan fingerprint density at radius 2 is 2.06 bits per heavy atom. The van der Waals surface area contributed by atoms with Crippen molar-refractivity contribution < 1.29 is 19.4 Å². The van der Waals surface area contributed by atoms with Gasteiger partial charge in [0, 0.05) is 26.2 Å². The van der Waals surface area contributed by atoms with Gasteiger partial charge in [0.2, 0.25) is 0 Å². The summed E-state index contributed by atoms with van der Waals surface area (Å²) in [6, 6.07) is 7.28. The number of carbonyl (C=O) groups is 1. The molecule has 1 aromatic rings. The van der Waals surface area contributed by atoms with E-state index in [2.05, 4.69) is 0 Å². The van der Waals surface area contributed by atoms with Crippen molar-refractivity contribution >= 4 is 12.0 Å². The van der Waals surface area contributed by atoms with Crippen molar-refractivity contribution in [2.45, 2.75) is 19.4 Å². The molecule has 0 radical (unpaired) electrons. The third kappa shape index (κ3) is 5.50. The molecule has 4 heteroatoms. The van der Waals surface area contributed by atoms with Crippen LogP contribution in [-0.4, -0.2) is 30.9 Å². The smallest absolute Gasteiger partial charge is 0.328 e. The fourth-order valence-corrected chi connectivity index (χ4v) is 1.40. The fourth-order valence-electron chi connectivity index (χ4n) is 1.40. The summed E-state index contributed by atoms with van der Waals surface area (Å²) in [6.45, 7) is 2.65. The Morgan fingerprint density at radius 3 is 2.61 bits per heavy atom. The van der Waals surface area contributed by atoms with Gasteiger partial charge < -0.3 is 14.6 Å². The molecule has 0 aliphatic heterocycles. The molecule has 0 saturated carbocycles. The molecule has 0 spiro atoms. The van der Waals surface area contributed by atoms with E-state index in [0.29, 0.717) is 6.61 Å². The van der Waals surface area contributed by atoms with Gasteiger partial charge in [0.1, 0.15) is 5.75 Å². The summed E-state index contributed by atoms with van der Waals surface area (Å²) in [4.78, 5) is 10.4. The zero-order chi connectivity index (χ0) is 13.4. The van der Waals surface area contributed by atoms with E-state index >= 15 is 0 Å². The average Bonchev–Trinajstić information content (AvgIpc) is 2.35. The molecule has 0 aliphatic rings. The largest absolute Gasteiger partial charge is 0.491 e. The van der Waals surface area contributed by atoms with Crippen LogP contribution in [0.1, 0.15) is 18.9 Å². The van der Waals surface area contributed by atoms with Crippen LogP contribution in [-0.2, 0) is 9.53 Å². The van der Waals surface area contributed by atoms with Gasteiger partial charge in [-0.2, -0.15) is 0 Å². The first-order valence-electron chi connectivity index (χ1n) is 5.78. The molecule has 1 rings (SSSR count). The highest BCUT2D eigenvalue weighted by Gasteiger charge is 2.03. The van der Waals surface area contributed by atoms with E-state index in [0.717, 1.165) is 23.8 Å². The van der Waals surface area contributed by atoms with Crippen molar-refractivity contribution in [3.8, 4) is 5.75 Å². The van der Waals surface area contributed by atoms with Crippen LogP contribution in [0, 0.1) is 0 Å².